The minimum Gasteiger partial charge on any atom is -0.467 e. The maximum atomic E-state index is 14.0. The van der Waals surface area contributed by atoms with Crippen molar-refractivity contribution in [2.75, 3.05) is 5.32 Å². The molecular formula is C21H15ClFN3O4. The van der Waals surface area contributed by atoms with Gasteiger partial charge in [0.05, 0.1) is 29.4 Å². The number of furan rings is 1. The summed E-state index contributed by atoms with van der Waals surface area (Å²) in [5.74, 6) is -0.911. The molecule has 2 heterocycles. The zero-order valence-electron chi connectivity index (χ0n) is 15.5. The summed E-state index contributed by atoms with van der Waals surface area (Å²) < 4.78 is 21.4. The van der Waals surface area contributed by atoms with Crippen molar-refractivity contribution in [1.29, 1.82) is 0 Å². The third-order valence-electron chi connectivity index (χ3n) is 4.53. The van der Waals surface area contributed by atoms with Crippen LogP contribution in [0.4, 0.5) is 10.1 Å². The lowest BCUT2D eigenvalue weighted by Gasteiger charge is -2.14. The highest BCUT2D eigenvalue weighted by molar-refractivity contribution is 6.30. The molecular weight excluding hydrogens is 413 g/mol. The van der Waals surface area contributed by atoms with E-state index in [9.17, 15) is 18.8 Å². The lowest BCUT2D eigenvalue weighted by molar-refractivity contribution is -0.116. The summed E-state index contributed by atoms with van der Waals surface area (Å²) in [6, 6.07) is 13.6. The number of rotatable bonds is 5. The normalized spacial score (nSPS) is 11.0. The van der Waals surface area contributed by atoms with Crippen LogP contribution in [0.3, 0.4) is 0 Å². The minimum absolute atomic E-state index is 0.0642. The quantitative estimate of drug-likeness (QED) is 0.529. The van der Waals surface area contributed by atoms with Crippen LogP contribution in [0, 0.1) is 5.82 Å². The van der Waals surface area contributed by atoms with Crippen LogP contribution < -0.4 is 16.6 Å². The fourth-order valence-electron chi connectivity index (χ4n) is 3.15. The molecule has 0 aliphatic carbocycles. The van der Waals surface area contributed by atoms with E-state index in [0.29, 0.717) is 11.3 Å². The third-order valence-corrected chi connectivity index (χ3v) is 4.77. The highest BCUT2D eigenvalue weighted by Crippen LogP contribution is 2.19. The van der Waals surface area contributed by atoms with Crippen LogP contribution in [0.5, 0.6) is 0 Å². The topological polar surface area (TPSA) is 86.2 Å². The molecule has 9 heteroatoms. The number of anilines is 1. The molecule has 0 aliphatic heterocycles. The van der Waals surface area contributed by atoms with Gasteiger partial charge in [-0.3, -0.25) is 18.7 Å². The van der Waals surface area contributed by atoms with E-state index < -0.39 is 29.5 Å². The number of aromatic nitrogens is 2. The Labute approximate surface area is 173 Å². The number of hydrogen-bond donors (Lipinski definition) is 1. The summed E-state index contributed by atoms with van der Waals surface area (Å²) in [5, 5.41) is 2.88. The highest BCUT2D eigenvalue weighted by Gasteiger charge is 2.17. The molecule has 0 saturated heterocycles. The summed E-state index contributed by atoms with van der Waals surface area (Å²) in [6.45, 7) is -0.497. The van der Waals surface area contributed by atoms with Gasteiger partial charge in [-0.25, -0.2) is 9.18 Å². The summed E-state index contributed by atoms with van der Waals surface area (Å²) in [5.41, 5.74) is -0.935. The van der Waals surface area contributed by atoms with Gasteiger partial charge >= 0.3 is 5.69 Å². The molecule has 4 rings (SSSR count). The van der Waals surface area contributed by atoms with Gasteiger partial charge in [-0.1, -0.05) is 23.7 Å². The molecule has 0 fully saturated rings. The van der Waals surface area contributed by atoms with Gasteiger partial charge < -0.3 is 9.73 Å². The average Bonchev–Trinajstić information content (AvgIpc) is 3.24. The Hall–Kier alpha value is -3.65. The first kappa shape index (κ1) is 19.7. The van der Waals surface area contributed by atoms with Gasteiger partial charge in [0, 0.05) is 5.02 Å². The Morgan fingerprint density at radius 2 is 1.87 bits per heavy atom. The van der Waals surface area contributed by atoms with Crippen LogP contribution in [-0.2, 0) is 17.9 Å². The van der Waals surface area contributed by atoms with Crippen molar-refractivity contribution in [3.8, 4) is 0 Å². The number of nitrogens with one attached hydrogen (secondary N) is 1. The second-order valence-corrected chi connectivity index (χ2v) is 6.97. The van der Waals surface area contributed by atoms with Gasteiger partial charge in [-0.2, -0.15) is 0 Å². The van der Waals surface area contributed by atoms with Gasteiger partial charge in [0.1, 0.15) is 18.1 Å². The van der Waals surface area contributed by atoms with Crippen molar-refractivity contribution in [2.45, 2.75) is 13.1 Å². The van der Waals surface area contributed by atoms with Crippen molar-refractivity contribution < 1.29 is 13.6 Å². The molecule has 2 aromatic heterocycles. The monoisotopic (exact) mass is 427 g/mol. The Balaban J connectivity index is 1.75. The maximum Gasteiger partial charge on any atom is 0.332 e. The first-order chi connectivity index (χ1) is 14.4. The van der Waals surface area contributed by atoms with Gasteiger partial charge in [0.15, 0.2) is 0 Å². The lowest BCUT2D eigenvalue weighted by Crippen LogP contribution is -2.42. The zero-order valence-corrected chi connectivity index (χ0v) is 16.2. The third kappa shape index (κ3) is 3.77. The number of para-hydroxylation sites is 1. The molecule has 1 N–H and O–H groups in total. The second kappa shape index (κ2) is 8.00. The molecule has 0 radical (unpaired) electrons. The molecule has 1 amide bonds. The second-order valence-electron chi connectivity index (χ2n) is 6.53. The van der Waals surface area contributed by atoms with E-state index in [1.165, 1.54) is 23.0 Å². The van der Waals surface area contributed by atoms with E-state index in [1.807, 2.05) is 0 Å². The Bertz CT molecular complexity index is 1360. The van der Waals surface area contributed by atoms with Crippen molar-refractivity contribution in [3.63, 3.8) is 0 Å². The Morgan fingerprint density at radius 3 is 2.60 bits per heavy atom. The van der Waals surface area contributed by atoms with Crippen LogP contribution in [0.25, 0.3) is 10.9 Å². The van der Waals surface area contributed by atoms with Crippen molar-refractivity contribution >= 4 is 34.1 Å². The molecule has 0 bridgehead atoms. The van der Waals surface area contributed by atoms with E-state index in [0.717, 1.165) is 10.6 Å². The Kier molecular flexibility index (Phi) is 5.24. The van der Waals surface area contributed by atoms with Crippen molar-refractivity contribution in [1.82, 2.24) is 9.13 Å². The van der Waals surface area contributed by atoms with E-state index in [-0.39, 0.29) is 22.6 Å². The number of fused-ring (bicyclic) bond motifs is 1. The number of hydrogen-bond acceptors (Lipinski definition) is 4. The van der Waals surface area contributed by atoms with Crippen molar-refractivity contribution in [3.05, 3.63) is 98.3 Å². The van der Waals surface area contributed by atoms with Crippen LogP contribution in [0.15, 0.2) is 74.9 Å². The Morgan fingerprint density at radius 1 is 1.07 bits per heavy atom. The first-order valence-electron chi connectivity index (χ1n) is 8.93. The molecule has 30 heavy (non-hydrogen) atoms. The predicted octanol–water partition coefficient (Wildman–Crippen LogP) is 3.24. The molecule has 4 aromatic rings. The van der Waals surface area contributed by atoms with E-state index in [2.05, 4.69) is 5.32 Å². The van der Waals surface area contributed by atoms with Gasteiger partial charge in [0.2, 0.25) is 5.91 Å². The van der Waals surface area contributed by atoms with Gasteiger partial charge in [-0.05, 0) is 42.5 Å². The van der Waals surface area contributed by atoms with Gasteiger partial charge in [-0.15, -0.1) is 0 Å². The van der Waals surface area contributed by atoms with E-state index >= 15 is 0 Å². The summed E-state index contributed by atoms with van der Waals surface area (Å²) >= 11 is 5.72. The summed E-state index contributed by atoms with van der Waals surface area (Å²) in [4.78, 5) is 38.4. The first-order valence-corrected chi connectivity index (χ1v) is 9.31. The fourth-order valence-corrected chi connectivity index (χ4v) is 3.30. The summed E-state index contributed by atoms with van der Waals surface area (Å²) in [7, 11) is 0. The van der Waals surface area contributed by atoms with Gasteiger partial charge in [0.25, 0.3) is 5.56 Å². The molecule has 0 aliphatic rings. The van der Waals surface area contributed by atoms with Crippen molar-refractivity contribution in [2.24, 2.45) is 0 Å². The molecule has 0 saturated carbocycles. The molecule has 0 spiro atoms. The molecule has 0 atom stereocenters. The smallest absolute Gasteiger partial charge is 0.332 e. The van der Waals surface area contributed by atoms with E-state index in [4.69, 9.17) is 16.0 Å². The highest BCUT2D eigenvalue weighted by atomic mass is 35.5. The number of carbonyl (C=O) groups excluding carboxylic acids is 1. The number of amides is 1. The lowest BCUT2D eigenvalue weighted by atomic mass is 10.2. The number of carbonyl (C=O) groups is 1. The summed E-state index contributed by atoms with van der Waals surface area (Å²) in [6.07, 6.45) is 1.44. The molecule has 152 valence electrons. The minimum atomic E-state index is -0.698. The number of nitrogens with zero attached hydrogens (tertiary/aromatic N) is 2. The molecule has 0 unspecified atom stereocenters. The fraction of sp³-hybridized carbons (Fsp3) is 0.0952. The zero-order chi connectivity index (χ0) is 21.3. The molecule has 7 nitrogen and oxygen atoms in total. The van der Waals surface area contributed by atoms with Crippen LogP contribution in [-0.4, -0.2) is 15.0 Å². The van der Waals surface area contributed by atoms with E-state index in [1.54, 1.807) is 36.4 Å². The van der Waals surface area contributed by atoms with Crippen LogP contribution >= 0.6 is 11.6 Å². The largest absolute Gasteiger partial charge is 0.467 e. The predicted molar refractivity (Wildman–Crippen MR) is 110 cm³/mol. The number of benzene rings is 2. The average molecular weight is 428 g/mol. The number of halogens is 2. The van der Waals surface area contributed by atoms with Crippen LogP contribution in [0.1, 0.15) is 5.76 Å². The van der Waals surface area contributed by atoms with Crippen LogP contribution in [0.2, 0.25) is 5.02 Å². The maximum absolute atomic E-state index is 14.0. The standard InChI is InChI=1S/C21H15ClFN3O4/c22-13-7-8-17(16(23)10-13)24-19(27)12-25-18-6-2-1-5-15(18)20(28)26(21(25)29)11-14-4-3-9-30-14/h1-10H,11-12H2,(H,24,27). The SMILES string of the molecule is O=C(Cn1c(=O)n(Cc2ccco2)c(=O)c2ccccc21)Nc1ccc(Cl)cc1F. The molecule has 2 aromatic carbocycles.